The van der Waals surface area contributed by atoms with Gasteiger partial charge in [-0.05, 0) is 24.3 Å². The van der Waals surface area contributed by atoms with Crippen LogP contribution in [0.2, 0.25) is 0 Å². The molecule has 0 saturated heterocycles. The first-order chi connectivity index (χ1) is 12.3. The van der Waals surface area contributed by atoms with E-state index in [9.17, 15) is 18.0 Å². The molecular weight excluding hydrogens is 415 g/mol. The molecule has 26 heavy (non-hydrogen) atoms. The Kier molecular flexibility index (Phi) is 5.17. The Balaban J connectivity index is 1.69. The summed E-state index contributed by atoms with van der Waals surface area (Å²) in [6.45, 7) is -1.46. The van der Waals surface area contributed by atoms with Crippen molar-refractivity contribution in [1.29, 1.82) is 0 Å². The highest BCUT2D eigenvalue weighted by molar-refractivity contribution is 9.10. The lowest BCUT2D eigenvalue weighted by molar-refractivity contribution is -0.154. The summed E-state index contributed by atoms with van der Waals surface area (Å²) in [6.07, 6.45) is -3.14. The summed E-state index contributed by atoms with van der Waals surface area (Å²) in [4.78, 5) is 19.1. The van der Waals surface area contributed by atoms with Gasteiger partial charge in [0.2, 0.25) is 5.88 Å². The zero-order valence-electron chi connectivity index (χ0n) is 13.2. The van der Waals surface area contributed by atoms with Crippen LogP contribution in [0.1, 0.15) is 16.1 Å². The molecule has 0 aliphatic heterocycles. The second kappa shape index (κ2) is 7.36. The molecule has 136 valence electrons. The van der Waals surface area contributed by atoms with Crippen LogP contribution in [-0.4, -0.2) is 28.7 Å². The number of halogens is 4. The van der Waals surface area contributed by atoms with E-state index in [-0.39, 0.29) is 18.3 Å². The van der Waals surface area contributed by atoms with E-state index in [1.807, 2.05) is 18.2 Å². The van der Waals surface area contributed by atoms with Crippen molar-refractivity contribution < 1.29 is 22.7 Å². The summed E-state index contributed by atoms with van der Waals surface area (Å²) in [7, 11) is 0. The molecule has 0 aliphatic carbocycles. The molecule has 3 rings (SSSR count). The van der Waals surface area contributed by atoms with Gasteiger partial charge in [-0.3, -0.25) is 4.79 Å². The minimum atomic E-state index is -4.46. The number of alkyl halides is 3. The monoisotopic (exact) mass is 427 g/mol. The number of nitrogens with one attached hydrogen (secondary N) is 2. The minimum Gasteiger partial charge on any atom is -0.468 e. The molecular formula is C17H13BrF3N3O2. The van der Waals surface area contributed by atoms with Crippen LogP contribution in [0.15, 0.2) is 47.1 Å². The first-order valence-electron chi connectivity index (χ1n) is 7.52. The van der Waals surface area contributed by atoms with Gasteiger partial charge < -0.3 is 15.0 Å². The third-order valence-electron chi connectivity index (χ3n) is 3.49. The fourth-order valence-corrected chi connectivity index (χ4v) is 2.69. The number of ether oxygens (including phenoxy) is 1. The lowest BCUT2D eigenvalue weighted by atomic mass is 10.2. The van der Waals surface area contributed by atoms with Crippen LogP contribution >= 0.6 is 15.9 Å². The van der Waals surface area contributed by atoms with E-state index in [0.29, 0.717) is 11.3 Å². The van der Waals surface area contributed by atoms with E-state index in [1.54, 1.807) is 18.2 Å². The number of carbonyl (C=O) groups is 1. The van der Waals surface area contributed by atoms with Gasteiger partial charge in [0.05, 0.1) is 0 Å². The van der Waals surface area contributed by atoms with Crippen LogP contribution in [0.3, 0.4) is 0 Å². The number of hydrogen-bond donors (Lipinski definition) is 2. The van der Waals surface area contributed by atoms with Crippen molar-refractivity contribution in [2.45, 2.75) is 12.7 Å². The van der Waals surface area contributed by atoms with E-state index < -0.39 is 12.8 Å². The molecule has 0 fully saturated rings. The van der Waals surface area contributed by atoms with Gasteiger partial charge in [-0.2, -0.15) is 13.2 Å². The molecule has 0 radical (unpaired) electrons. The maximum atomic E-state index is 12.3. The Bertz CT molecular complexity index is 940. The van der Waals surface area contributed by atoms with Crippen molar-refractivity contribution in [2.75, 3.05) is 6.61 Å². The molecule has 9 heteroatoms. The van der Waals surface area contributed by atoms with E-state index in [0.717, 1.165) is 15.4 Å². The van der Waals surface area contributed by atoms with Gasteiger partial charge in [-0.25, -0.2) is 4.98 Å². The van der Waals surface area contributed by atoms with Crippen LogP contribution < -0.4 is 10.1 Å². The van der Waals surface area contributed by atoms with E-state index in [1.165, 1.54) is 6.20 Å². The van der Waals surface area contributed by atoms with Gasteiger partial charge in [0.25, 0.3) is 5.91 Å². The smallest absolute Gasteiger partial charge is 0.422 e. The number of carbonyl (C=O) groups excluding carboxylic acids is 1. The quantitative estimate of drug-likeness (QED) is 0.641. The summed E-state index contributed by atoms with van der Waals surface area (Å²) in [5.74, 6) is -0.548. The Labute approximate surface area is 154 Å². The highest BCUT2D eigenvalue weighted by Gasteiger charge is 2.29. The summed E-state index contributed by atoms with van der Waals surface area (Å²) in [6, 6.07) is 10.4. The van der Waals surface area contributed by atoms with Gasteiger partial charge in [-0.1, -0.05) is 28.1 Å². The fourth-order valence-electron chi connectivity index (χ4n) is 2.33. The molecule has 0 atom stereocenters. The number of amides is 1. The first kappa shape index (κ1) is 18.2. The van der Waals surface area contributed by atoms with Crippen LogP contribution in [-0.2, 0) is 6.54 Å². The predicted molar refractivity (Wildman–Crippen MR) is 93.0 cm³/mol. The second-order valence-corrected chi connectivity index (χ2v) is 6.38. The van der Waals surface area contributed by atoms with E-state index in [2.05, 4.69) is 31.2 Å². The molecule has 2 N–H and O–H groups in total. The van der Waals surface area contributed by atoms with Crippen LogP contribution in [0.25, 0.3) is 10.9 Å². The summed E-state index contributed by atoms with van der Waals surface area (Å²) in [5.41, 5.74) is 1.49. The molecule has 0 aliphatic rings. The third-order valence-corrected chi connectivity index (χ3v) is 3.98. The van der Waals surface area contributed by atoms with Gasteiger partial charge in [0.1, 0.15) is 5.69 Å². The number of aromatic nitrogens is 2. The van der Waals surface area contributed by atoms with Gasteiger partial charge >= 0.3 is 6.18 Å². The normalized spacial score (nSPS) is 11.5. The highest BCUT2D eigenvalue weighted by Crippen LogP contribution is 2.21. The van der Waals surface area contributed by atoms with E-state index >= 15 is 0 Å². The fraction of sp³-hybridized carbons (Fsp3) is 0.176. The Morgan fingerprint density at radius 3 is 2.85 bits per heavy atom. The standard InChI is InChI=1S/C17H13BrF3N3O2/c18-12-4-3-10-6-14(24-13(10)7-12)15(25)23-8-11-2-1-5-22-16(11)26-9-17(19,20)21/h1-7,24H,8-9H2,(H,23,25). The number of pyridine rings is 1. The number of aromatic amines is 1. The zero-order chi connectivity index (χ0) is 18.7. The number of benzene rings is 1. The number of hydrogen-bond acceptors (Lipinski definition) is 3. The number of nitrogens with zero attached hydrogens (tertiary/aromatic N) is 1. The van der Waals surface area contributed by atoms with Crippen LogP contribution in [0, 0.1) is 0 Å². The molecule has 0 spiro atoms. The maximum Gasteiger partial charge on any atom is 0.422 e. The highest BCUT2D eigenvalue weighted by atomic mass is 79.9. The van der Waals surface area contributed by atoms with Crippen molar-refractivity contribution >= 4 is 32.7 Å². The van der Waals surface area contributed by atoms with Gasteiger partial charge in [-0.15, -0.1) is 0 Å². The minimum absolute atomic E-state index is 0.0150. The van der Waals surface area contributed by atoms with Crippen molar-refractivity contribution in [1.82, 2.24) is 15.3 Å². The number of rotatable bonds is 5. The molecule has 2 heterocycles. The number of H-pyrrole nitrogens is 1. The second-order valence-electron chi connectivity index (χ2n) is 5.47. The molecule has 1 amide bonds. The van der Waals surface area contributed by atoms with E-state index in [4.69, 9.17) is 4.74 Å². The zero-order valence-corrected chi connectivity index (χ0v) is 14.8. The van der Waals surface area contributed by atoms with Gasteiger partial charge in [0, 0.05) is 33.7 Å². The average molecular weight is 428 g/mol. The molecule has 0 bridgehead atoms. The summed E-state index contributed by atoms with van der Waals surface area (Å²) in [5, 5.41) is 3.51. The predicted octanol–water partition coefficient (Wildman–Crippen LogP) is 4.20. The van der Waals surface area contributed by atoms with Crippen molar-refractivity contribution in [3.63, 3.8) is 0 Å². The maximum absolute atomic E-state index is 12.3. The van der Waals surface area contributed by atoms with Crippen molar-refractivity contribution in [3.05, 3.63) is 58.3 Å². The molecule has 0 saturated carbocycles. The number of fused-ring (bicyclic) bond motifs is 1. The lowest BCUT2D eigenvalue weighted by Crippen LogP contribution is -2.24. The average Bonchev–Trinajstić information content (AvgIpc) is 3.01. The Hall–Kier alpha value is -2.55. The molecule has 1 aromatic carbocycles. The van der Waals surface area contributed by atoms with Crippen molar-refractivity contribution in [2.24, 2.45) is 0 Å². The molecule has 0 unspecified atom stereocenters. The Morgan fingerprint density at radius 1 is 1.27 bits per heavy atom. The first-order valence-corrected chi connectivity index (χ1v) is 8.31. The summed E-state index contributed by atoms with van der Waals surface area (Å²) >= 11 is 3.36. The topological polar surface area (TPSA) is 67.0 Å². The van der Waals surface area contributed by atoms with Crippen LogP contribution in [0.5, 0.6) is 5.88 Å². The SMILES string of the molecule is O=C(NCc1cccnc1OCC(F)(F)F)c1cc2ccc(Br)cc2[nH]1. The molecule has 3 aromatic rings. The summed E-state index contributed by atoms with van der Waals surface area (Å²) < 4.78 is 42.5. The third kappa shape index (κ3) is 4.54. The van der Waals surface area contributed by atoms with Crippen LogP contribution in [0.4, 0.5) is 13.2 Å². The lowest BCUT2D eigenvalue weighted by Gasteiger charge is -2.12. The van der Waals surface area contributed by atoms with Gasteiger partial charge in [0.15, 0.2) is 6.61 Å². The van der Waals surface area contributed by atoms with Crippen molar-refractivity contribution in [3.8, 4) is 5.88 Å². The Morgan fingerprint density at radius 2 is 2.08 bits per heavy atom. The molecule has 2 aromatic heterocycles. The largest absolute Gasteiger partial charge is 0.468 e. The molecule has 5 nitrogen and oxygen atoms in total.